The number of carbonyl (C=O) groups excluding carboxylic acids is 2. The number of piperazine rings is 1. The average Bonchev–Trinajstić information content (AvgIpc) is 3.06. The molecule has 7 heteroatoms. The van der Waals surface area contributed by atoms with Crippen LogP contribution < -0.4 is 4.74 Å². The summed E-state index contributed by atoms with van der Waals surface area (Å²) in [5.41, 5.74) is 1.81. The van der Waals surface area contributed by atoms with Crippen molar-refractivity contribution in [3.63, 3.8) is 0 Å². The van der Waals surface area contributed by atoms with Gasteiger partial charge in [-0.1, -0.05) is 32.4 Å². The number of benzene rings is 1. The van der Waals surface area contributed by atoms with Crippen LogP contribution in [0, 0.1) is 0 Å². The van der Waals surface area contributed by atoms with E-state index in [1.807, 2.05) is 38.1 Å². The molecule has 1 aromatic carbocycles. The summed E-state index contributed by atoms with van der Waals surface area (Å²) in [6.07, 6.45) is 2.83. The third kappa shape index (κ3) is 6.36. The average molecular weight is 458 g/mol. The van der Waals surface area contributed by atoms with Gasteiger partial charge in [-0.15, -0.1) is 0 Å². The Morgan fingerprint density at radius 2 is 1.58 bits per heavy atom. The summed E-state index contributed by atoms with van der Waals surface area (Å²) < 4.78 is 11.4. The SMILES string of the molecule is CCCCOCCCN1C(=O)C(c2ccc(OC(C)C)cc2)=C(N2CCN(CC)CC2)C1=O. The maximum Gasteiger partial charge on any atom is 0.277 e. The zero-order valence-electron chi connectivity index (χ0n) is 20.6. The van der Waals surface area contributed by atoms with Crippen molar-refractivity contribution in [2.75, 3.05) is 52.5 Å². The number of hydrogen-bond donors (Lipinski definition) is 0. The molecule has 7 nitrogen and oxygen atoms in total. The van der Waals surface area contributed by atoms with E-state index >= 15 is 0 Å². The third-order valence-electron chi connectivity index (χ3n) is 6.11. The molecule has 0 radical (unpaired) electrons. The number of amides is 2. The van der Waals surface area contributed by atoms with E-state index in [0.717, 1.165) is 63.5 Å². The van der Waals surface area contributed by atoms with Gasteiger partial charge >= 0.3 is 0 Å². The van der Waals surface area contributed by atoms with E-state index in [4.69, 9.17) is 9.47 Å². The fraction of sp³-hybridized carbons (Fsp3) is 0.615. The molecule has 0 unspecified atom stereocenters. The Bertz CT molecular complexity index is 826. The van der Waals surface area contributed by atoms with E-state index in [-0.39, 0.29) is 17.9 Å². The minimum Gasteiger partial charge on any atom is -0.491 e. The second kappa shape index (κ2) is 12.2. The Kier molecular flexibility index (Phi) is 9.32. The van der Waals surface area contributed by atoms with Crippen LogP contribution in [-0.4, -0.2) is 85.1 Å². The Balaban J connectivity index is 1.80. The molecule has 0 bridgehead atoms. The lowest BCUT2D eigenvalue weighted by atomic mass is 10.0. The van der Waals surface area contributed by atoms with Crippen molar-refractivity contribution < 1.29 is 19.1 Å². The largest absolute Gasteiger partial charge is 0.491 e. The van der Waals surface area contributed by atoms with Crippen LogP contribution in [0.25, 0.3) is 5.57 Å². The first kappa shape index (κ1) is 25.2. The highest BCUT2D eigenvalue weighted by Crippen LogP contribution is 2.33. The summed E-state index contributed by atoms with van der Waals surface area (Å²) in [6, 6.07) is 7.52. The molecule has 2 heterocycles. The number of hydrogen-bond acceptors (Lipinski definition) is 6. The molecule has 1 aromatic rings. The van der Waals surface area contributed by atoms with Crippen molar-refractivity contribution in [1.82, 2.24) is 14.7 Å². The molecule has 0 saturated carbocycles. The normalized spacial score (nSPS) is 17.6. The first-order valence-electron chi connectivity index (χ1n) is 12.4. The van der Waals surface area contributed by atoms with Crippen molar-refractivity contribution >= 4 is 17.4 Å². The number of rotatable bonds is 12. The van der Waals surface area contributed by atoms with Gasteiger partial charge in [0.1, 0.15) is 11.4 Å². The van der Waals surface area contributed by atoms with Gasteiger partial charge in [0.2, 0.25) is 0 Å². The second-order valence-corrected chi connectivity index (χ2v) is 8.92. The summed E-state index contributed by atoms with van der Waals surface area (Å²) in [5, 5.41) is 0. The van der Waals surface area contributed by atoms with E-state index in [9.17, 15) is 9.59 Å². The van der Waals surface area contributed by atoms with Gasteiger partial charge in [-0.05, 0) is 50.9 Å². The molecule has 1 saturated heterocycles. The minimum atomic E-state index is -0.209. The van der Waals surface area contributed by atoms with Crippen molar-refractivity contribution in [2.45, 2.75) is 53.1 Å². The summed E-state index contributed by atoms with van der Waals surface area (Å²) >= 11 is 0. The standard InChI is InChI=1S/C26H39N3O4/c1-5-7-18-32-19-8-13-29-25(30)23(21-9-11-22(12-10-21)33-20(3)4)24(26(29)31)28-16-14-27(6-2)15-17-28/h9-12,20H,5-8,13-19H2,1-4H3. The van der Waals surface area contributed by atoms with Gasteiger partial charge in [0, 0.05) is 45.9 Å². The number of unbranched alkanes of at least 4 members (excludes halogenated alkanes) is 1. The lowest BCUT2D eigenvalue weighted by Crippen LogP contribution is -2.47. The fourth-order valence-electron chi connectivity index (χ4n) is 4.25. The molecule has 2 aliphatic rings. The smallest absolute Gasteiger partial charge is 0.277 e. The molecule has 2 amide bonds. The topological polar surface area (TPSA) is 62.3 Å². The molecule has 33 heavy (non-hydrogen) atoms. The van der Waals surface area contributed by atoms with Crippen LogP contribution in [0.15, 0.2) is 30.0 Å². The van der Waals surface area contributed by atoms with E-state index in [1.54, 1.807) is 0 Å². The monoisotopic (exact) mass is 457 g/mol. The van der Waals surface area contributed by atoms with Gasteiger partial charge in [0.05, 0.1) is 11.7 Å². The number of ether oxygens (including phenoxy) is 2. The van der Waals surface area contributed by atoms with Crippen LogP contribution in [0.3, 0.4) is 0 Å². The van der Waals surface area contributed by atoms with Crippen LogP contribution in [0.1, 0.15) is 52.5 Å². The summed E-state index contributed by atoms with van der Waals surface area (Å²) in [6.45, 7) is 14.1. The van der Waals surface area contributed by atoms with Crippen LogP contribution in [0.4, 0.5) is 0 Å². The molecular weight excluding hydrogens is 418 g/mol. The molecule has 1 fully saturated rings. The van der Waals surface area contributed by atoms with E-state index in [2.05, 4.69) is 23.6 Å². The summed E-state index contributed by atoms with van der Waals surface area (Å²) in [7, 11) is 0. The maximum absolute atomic E-state index is 13.5. The van der Waals surface area contributed by atoms with Crippen LogP contribution in [0.2, 0.25) is 0 Å². The molecule has 2 aliphatic heterocycles. The number of imide groups is 1. The Morgan fingerprint density at radius 1 is 0.909 bits per heavy atom. The lowest BCUT2D eigenvalue weighted by Gasteiger charge is -2.36. The molecule has 0 spiro atoms. The number of carbonyl (C=O) groups is 2. The zero-order chi connectivity index (χ0) is 23.8. The first-order chi connectivity index (χ1) is 16.0. The number of nitrogens with zero attached hydrogens (tertiary/aromatic N) is 3. The fourth-order valence-corrected chi connectivity index (χ4v) is 4.25. The van der Waals surface area contributed by atoms with Gasteiger partial charge in [0.25, 0.3) is 11.8 Å². The molecule has 0 N–H and O–H groups in total. The van der Waals surface area contributed by atoms with Crippen LogP contribution >= 0.6 is 0 Å². The van der Waals surface area contributed by atoms with Crippen molar-refractivity contribution in [1.29, 1.82) is 0 Å². The van der Waals surface area contributed by atoms with E-state index in [1.165, 1.54) is 4.90 Å². The Labute approximate surface area is 198 Å². The van der Waals surface area contributed by atoms with E-state index < -0.39 is 0 Å². The Hall–Kier alpha value is -2.38. The highest BCUT2D eigenvalue weighted by molar-refractivity contribution is 6.35. The van der Waals surface area contributed by atoms with Crippen molar-refractivity contribution in [3.05, 3.63) is 35.5 Å². The maximum atomic E-state index is 13.5. The van der Waals surface area contributed by atoms with Gasteiger partial charge in [-0.2, -0.15) is 0 Å². The predicted molar refractivity (Wildman–Crippen MR) is 130 cm³/mol. The zero-order valence-corrected chi connectivity index (χ0v) is 20.6. The highest BCUT2D eigenvalue weighted by atomic mass is 16.5. The summed E-state index contributed by atoms with van der Waals surface area (Å²) in [4.78, 5) is 32.8. The van der Waals surface area contributed by atoms with Crippen LogP contribution in [0.5, 0.6) is 5.75 Å². The van der Waals surface area contributed by atoms with Gasteiger partial charge < -0.3 is 19.3 Å². The highest BCUT2D eigenvalue weighted by Gasteiger charge is 2.41. The molecule has 3 rings (SSSR count). The Morgan fingerprint density at radius 3 is 2.18 bits per heavy atom. The van der Waals surface area contributed by atoms with Gasteiger partial charge in [0.15, 0.2) is 0 Å². The van der Waals surface area contributed by atoms with E-state index in [0.29, 0.717) is 30.8 Å². The van der Waals surface area contributed by atoms with Gasteiger partial charge in [-0.3, -0.25) is 14.5 Å². The minimum absolute atomic E-state index is 0.0743. The predicted octanol–water partition coefficient (Wildman–Crippen LogP) is 3.40. The van der Waals surface area contributed by atoms with Gasteiger partial charge in [-0.25, -0.2) is 0 Å². The lowest BCUT2D eigenvalue weighted by molar-refractivity contribution is -0.137. The van der Waals surface area contributed by atoms with Crippen molar-refractivity contribution in [2.24, 2.45) is 0 Å². The van der Waals surface area contributed by atoms with Crippen LogP contribution in [-0.2, 0) is 14.3 Å². The molecule has 0 aromatic heterocycles. The molecule has 0 aliphatic carbocycles. The second-order valence-electron chi connectivity index (χ2n) is 8.92. The molecular formula is C26H39N3O4. The van der Waals surface area contributed by atoms with Crippen molar-refractivity contribution in [3.8, 4) is 5.75 Å². The molecule has 0 atom stereocenters. The third-order valence-corrected chi connectivity index (χ3v) is 6.11. The summed E-state index contributed by atoms with van der Waals surface area (Å²) in [5.74, 6) is 0.361. The quantitative estimate of drug-likeness (QED) is 0.354. The first-order valence-corrected chi connectivity index (χ1v) is 12.4. The molecule has 182 valence electrons. The number of likely N-dealkylation sites (N-methyl/N-ethyl adjacent to an activating group) is 1.